The summed E-state index contributed by atoms with van der Waals surface area (Å²) >= 11 is 3.25. The Balaban J connectivity index is 2.01. The van der Waals surface area contributed by atoms with Crippen LogP contribution in [0.4, 0.5) is 10.1 Å². The van der Waals surface area contributed by atoms with Crippen LogP contribution < -0.4 is 10.6 Å². The Hall–Kier alpha value is -2.56. The average molecular weight is 426 g/mol. The van der Waals surface area contributed by atoms with E-state index in [0.717, 1.165) is 14.6 Å². The number of carbonyl (C=O) groups is 1. The highest BCUT2D eigenvalue weighted by molar-refractivity contribution is 8.00. The van der Waals surface area contributed by atoms with Gasteiger partial charge in [-0.05, 0) is 49.8 Å². The van der Waals surface area contributed by atoms with Crippen LogP contribution in [0, 0.1) is 24.1 Å². The van der Waals surface area contributed by atoms with Crippen LogP contribution in [0.1, 0.15) is 35.6 Å². The SMILES string of the molecule is CSc1sc(C)cc1[C@H]1C(C#N)=C(N)N(c2ccccc2F)C2=C1C(=O)CCC2. The van der Waals surface area contributed by atoms with Gasteiger partial charge in [0, 0.05) is 22.6 Å². The van der Waals surface area contributed by atoms with E-state index in [2.05, 4.69) is 6.07 Å². The summed E-state index contributed by atoms with van der Waals surface area (Å²) < 4.78 is 15.7. The molecule has 2 aliphatic rings. The van der Waals surface area contributed by atoms with E-state index in [-0.39, 0.29) is 17.3 Å². The second-order valence-electron chi connectivity index (χ2n) is 7.07. The molecule has 0 fully saturated rings. The quantitative estimate of drug-likeness (QED) is 0.683. The molecule has 2 heterocycles. The van der Waals surface area contributed by atoms with Crippen LogP contribution in [-0.4, -0.2) is 12.0 Å². The van der Waals surface area contributed by atoms with Crippen LogP contribution in [0.25, 0.3) is 0 Å². The summed E-state index contributed by atoms with van der Waals surface area (Å²) in [5, 5.41) is 10.0. The molecule has 4 rings (SSSR count). The van der Waals surface area contributed by atoms with Crippen molar-refractivity contribution in [2.24, 2.45) is 5.73 Å². The fourth-order valence-electron chi connectivity index (χ4n) is 4.18. The van der Waals surface area contributed by atoms with E-state index in [1.807, 2.05) is 19.2 Å². The molecule has 1 aromatic carbocycles. The molecule has 0 amide bonds. The number of hydrogen-bond acceptors (Lipinski definition) is 6. The number of nitriles is 1. The zero-order chi connectivity index (χ0) is 20.7. The lowest BCUT2D eigenvalue weighted by molar-refractivity contribution is -0.116. The highest BCUT2D eigenvalue weighted by atomic mass is 32.2. The van der Waals surface area contributed by atoms with Crippen molar-refractivity contribution in [3.05, 3.63) is 69.3 Å². The third-order valence-electron chi connectivity index (χ3n) is 5.35. The first kappa shape index (κ1) is 19.7. The molecule has 0 unspecified atom stereocenters. The van der Waals surface area contributed by atoms with Crippen LogP contribution in [0.15, 0.2) is 57.2 Å². The largest absolute Gasteiger partial charge is 0.384 e. The molecule has 1 aromatic heterocycles. The van der Waals surface area contributed by atoms with Gasteiger partial charge >= 0.3 is 0 Å². The van der Waals surface area contributed by atoms with Gasteiger partial charge in [0.2, 0.25) is 0 Å². The first-order chi connectivity index (χ1) is 14.0. The van der Waals surface area contributed by atoms with Gasteiger partial charge in [0.05, 0.1) is 27.5 Å². The van der Waals surface area contributed by atoms with Crippen molar-refractivity contribution in [3.63, 3.8) is 0 Å². The summed E-state index contributed by atoms with van der Waals surface area (Å²) in [6.45, 7) is 2.01. The summed E-state index contributed by atoms with van der Waals surface area (Å²) in [5.74, 6) is -0.730. The molecule has 29 heavy (non-hydrogen) atoms. The molecule has 7 heteroatoms. The van der Waals surface area contributed by atoms with Gasteiger partial charge in [-0.2, -0.15) is 5.26 Å². The minimum atomic E-state index is -0.502. The minimum Gasteiger partial charge on any atom is -0.384 e. The summed E-state index contributed by atoms with van der Waals surface area (Å²) in [6, 6.07) is 10.6. The van der Waals surface area contributed by atoms with Gasteiger partial charge in [0.1, 0.15) is 11.6 Å². The topological polar surface area (TPSA) is 70.1 Å². The van der Waals surface area contributed by atoms with Crippen LogP contribution in [0.5, 0.6) is 0 Å². The first-order valence-electron chi connectivity index (χ1n) is 9.32. The Kier molecular flexibility index (Phi) is 5.24. The molecule has 1 atom stereocenters. The lowest BCUT2D eigenvalue weighted by Gasteiger charge is -2.39. The number of aryl methyl sites for hydroxylation is 1. The summed E-state index contributed by atoms with van der Waals surface area (Å²) in [6.07, 6.45) is 3.71. The monoisotopic (exact) mass is 425 g/mol. The fraction of sp³-hybridized carbons (Fsp3) is 0.273. The van der Waals surface area contributed by atoms with Crippen molar-refractivity contribution >= 4 is 34.6 Å². The average Bonchev–Trinajstić information content (AvgIpc) is 3.08. The standard InChI is InChI=1S/C22H20FN3OS2/c1-12-10-13(22(28-2)29-12)19-14(11-24)21(25)26(16-7-4-3-6-15(16)23)17-8-5-9-18(27)20(17)19/h3-4,6-7,10,19H,5,8-9,25H2,1-2H3/t19-/m0/s1. The maximum absolute atomic E-state index is 14.7. The number of nitrogens with two attached hydrogens (primary N) is 1. The van der Waals surface area contributed by atoms with E-state index in [1.54, 1.807) is 46.2 Å². The number of para-hydroxylation sites is 1. The van der Waals surface area contributed by atoms with Crippen molar-refractivity contribution in [3.8, 4) is 6.07 Å². The molecular weight excluding hydrogens is 405 g/mol. The van der Waals surface area contributed by atoms with Gasteiger partial charge < -0.3 is 5.73 Å². The molecular formula is C22H20FN3OS2. The molecule has 0 saturated heterocycles. The first-order valence-corrected chi connectivity index (χ1v) is 11.4. The van der Waals surface area contributed by atoms with Crippen molar-refractivity contribution in [1.29, 1.82) is 5.26 Å². The molecule has 148 valence electrons. The Labute approximate surface area is 177 Å². The van der Waals surface area contributed by atoms with Crippen LogP contribution >= 0.6 is 23.1 Å². The van der Waals surface area contributed by atoms with Crippen molar-refractivity contribution in [1.82, 2.24) is 0 Å². The zero-order valence-corrected chi connectivity index (χ0v) is 17.8. The molecule has 0 saturated carbocycles. The van der Waals surface area contributed by atoms with E-state index in [0.29, 0.717) is 36.1 Å². The Morgan fingerprint density at radius 3 is 2.79 bits per heavy atom. The number of ketones is 1. The Morgan fingerprint density at radius 2 is 2.10 bits per heavy atom. The predicted molar refractivity (Wildman–Crippen MR) is 115 cm³/mol. The summed E-state index contributed by atoms with van der Waals surface area (Å²) in [4.78, 5) is 15.8. The minimum absolute atomic E-state index is 0.00810. The number of thiophene rings is 1. The van der Waals surface area contributed by atoms with Gasteiger partial charge in [0.15, 0.2) is 5.78 Å². The fourth-order valence-corrected chi connectivity index (χ4v) is 6.09. The molecule has 0 spiro atoms. The number of Topliss-reactive ketones (excluding diaryl/α,β-unsaturated/α-hetero) is 1. The zero-order valence-electron chi connectivity index (χ0n) is 16.2. The third kappa shape index (κ3) is 3.17. The number of rotatable bonds is 3. The van der Waals surface area contributed by atoms with Crippen LogP contribution in [0.2, 0.25) is 0 Å². The van der Waals surface area contributed by atoms with Crippen LogP contribution in [0.3, 0.4) is 0 Å². The van der Waals surface area contributed by atoms with Gasteiger partial charge in [-0.1, -0.05) is 12.1 Å². The van der Waals surface area contributed by atoms with Gasteiger partial charge in [-0.15, -0.1) is 23.1 Å². The van der Waals surface area contributed by atoms with Gasteiger partial charge in [-0.25, -0.2) is 4.39 Å². The Bertz CT molecular complexity index is 1110. The van der Waals surface area contributed by atoms with Crippen molar-refractivity contribution in [2.75, 3.05) is 11.2 Å². The van der Waals surface area contributed by atoms with Gasteiger partial charge in [-0.3, -0.25) is 9.69 Å². The maximum atomic E-state index is 14.7. The van der Waals surface area contributed by atoms with Gasteiger partial charge in [0.25, 0.3) is 0 Å². The lowest BCUT2D eigenvalue weighted by Crippen LogP contribution is -2.39. The smallest absolute Gasteiger partial charge is 0.161 e. The van der Waals surface area contributed by atoms with Crippen LogP contribution in [-0.2, 0) is 4.79 Å². The predicted octanol–water partition coefficient (Wildman–Crippen LogP) is 5.22. The number of thioether (sulfide) groups is 1. The van der Waals surface area contributed by atoms with Crippen molar-refractivity contribution in [2.45, 2.75) is 36.3 Å². The highest BCUT2D eigenvalue weighted by Gasteiger charge is 2.41. The number of nitrogens with zero attached hydrogens (tertiary/aromatic N) is 2. The van der Waals surface area contributed by atoms with E-state index in [9.17, 15) is 14.4 Å². The second-order valence-corrected chi connectivity index (χ2v) is 9.40. The molecule has 1 aliphatic heterocycles. The summed E-state index contributed by atoms with van der Waals surface area (Å²) in [5.41, 5.74) is 9.28. The Morgan fingerprint density at radius 1 is 1.34 bits per heavy atom. The molecule has 4 nitrogen and oxygen atoms in total. The lowest BCUT2D eigenvalue weighted by atomic mass is 9.76. The number of allylic oxidation sites excluding steroid dienone is 3. The number of anilines is 1. The molecule has 2 N–H and O–H groups in total. The number of hydrogen-bond donors (Lipinski definition) is 1. The van der Waals surface area contributed by atoms with E-state index >= 15 is 0 Å². The molecule has 0 bridgehead atoms. The van der Waals surface area contributed by atoms with E-state index in [1.165, 1.54) is 6.07 Å². The molecule has 1 aliphatic carbocycles. The molecule has 0 radical (unpaired) electrons. The normalized spacial score (nSPS) is 19.4. The van der Waals surface area contributed by atoms with E-state index < -0.39 is 11.7 Å². The maximum Gasteiger partial charge on any atom is 0.161 e. The second kappa shape index (κ2) is 7.69. The number of carbonyl (C=O) groups excluding carboxylic acids is 1. The van der Waals surface area contributed by atoms with Crippen molar-refractivity contribution < 1.29 is 9.18 Å². The van der Waals surface area contributed by atoms with E-state index in [4.69, 9.17) is 5.73 Å². The molecule has 2 aromatic rings. The third-order valence-corrected chi connectivity index (χ3v) is 7.57. The number of benzene rings is 1. The number of halogens is 1. The summed E-state index contributed by atoms with van der Waals surface area (Å²) in [7, 11) is 0. The highest BCUT2D eigenvalue weighted by Crippen LogP contribution is 2.49.